The lowest BCUT2D eigenvalue weighted by Crippen LogP contribution is -2.25. The number of ether oxygens (including phenoxy) is 2. The van der Waals surface area contributed by atoms with Crippen molar-refractivity contribution in [3.63, 3.8) is 0 Å². The minimum atomic E-state index is -0.0920. The molecular weight excluding hydrogens is 466 g/mol. The Balaban J connectivity index is 1.47. The first-order valence-corrected chi connectivity index (χ1v) is 12.8. The minimum absolute atomic E-state index is 0.0466. The predicted molar refractivity (Wildman–Crippen MR) is 136 cm³/mol. The molecule has 4 rings (SSSR count). The van der Waals surface area contributed by atoms with Crippen molar-refractivity contribution in [1.82, 2.24) is 24.5 Å². The summed E-state index contributed by atoms with van der Waals surface area (Å²) in [5.74, 6) is 2.73. The minimum Gasteiger partial charge on any atom is -0.490 e. The summed E-state index contributed by atoms with van der Waals surface area (Å²) in [4.78, 5) is 25.6. The molecule has 0 saturated heterocycles. The Morgan fingerprint density at radius 3 is 2.63 bits per heavy atom. The largest absolute Gasteiger partial charge is 0.490 e. The average molecular weight is 498 g/mol. The fraction of sp³-hybridized carbons (Fsp3) is 0.440. The van der Waals surface area contributed by atoms with Crippen molar-refractivity contribution in [3.05, 3.63) is 51.4 Å². The smallest absolute Gasteiger partial charge is 0.272 e. The highest BCUT2D eigenvalue weighted by molar-refractivity contribution is 7.17. The van der Waals surface area contributed by atoms with Crippen molar-refractivity contribution in [1.29, 1.82) is 0 Å². The van der Waals surface area contributed by atoms with E-state index in [9.17, 15) is 9.59 Å². The van der Waals surface area contributed by atoms with Crippen LogP contribution in [0.1, 0.15) is 45.5 Å². The van der Waals surface area contributed by atoms with Crippen LogP contribution in [0.2, 0.25) is 0 Å². The first-order valence-electron chi connectivity index (χ1n) is 11.9. The number of aryl methyl sites for hydroxylation is 1. The Bertz CT molecular complexity index is 1390. The third-order valence-electron chi connectivity index (χ3n) is 5.50. The molecule has 0 spiro atoms. The van der Waals surface area contributed by atoms with Gasteiger partial charge >= 0.3 is 0 Å². The number of fused-ring (bicyclic) bond motifs is 3. The zero-order chi connectivity index (χ0) is 24.9. The third-order valence-corrected chi connectivity index (χ3v) is 6.39. The molecule has 0 bridgehead atoms. The van der Waals surface area contributed by atoms with E-state index in [0.29, 0.717) is 60.5 Å². The summed E-state index contributed by atoms with van der Waals surface area (Å²) in [5, 5.41) is 13.5. The van der Waals surface area contributed by atoms with Gasteiger partial charge in [-0.2, -0.15) is 0 Å². The molecule has 10 heteroatoms. The van der Waals surface area contributed by atoms with Gasteiger partial charge in [-0.15, -0.1) is 21.5 Å². The highest BCUT2D eigenvalue weighted by Gasteiger charge is 2.18. The van der Waals surface area contributed by atoms with Gasteiger partial charge in [-0.1, -0.05) is 19.9 Å². The fourth-order valence-electron chi connectivity index (χ4n) is 3.99. The number of amides is 1. The van der Waals surface area contributed by atoms with Crippen LogP contribution in [0.25, 0.3) is 16.0 Å². The van der Waals surface area contributed by atoms with E-state index in [1.807, 2.05) is 47.9 Å². The molecular formula is C25H31N5O4S. The second-order valence-corrected chi connectivity index (χ2v) is 9.54. The van der Waals surface area contributed by atoms with Gasteiger partial charge in [0.25, 0.3) is 5.56 Å². The normalized spacial score (nSPS) is 11.5. The monoisotopic (exact) mass is 497 g/mol. The molecule has 1 amide bonds. The molecule has 0 fully saturated rings. The second-order valence-electron chi connectivity index (χ2n) is 8.62. The molecule has 1 N–H and O–H groups in total. The topological polar surface area (TPSA) is 99.7 Å². The lowest BCUT2D eigenvalue weighted by Gasteiger charge is -2.13. The Labute approximate surface area is 207 Å². The number of benzene rings is 1. The van der Waals surface area contributed by atoms with Gasteiger partial charge in [0.05, 0.1) is 18.7 Å². The molecule has 0 atom stereocenters. The molecule has 0 unspecified atom stereocenters. The molecule has 4 aromatic rings. The summed E-state index contributed by atoms with van der Waals surface area (Å²) >= 11 is 1.41. The maximum Gasteiger partial charge on any atom is 0.272 e. The number of aromatic nitrogens is 4. The molecule has 1 aromatic carbocycles. The number of carbonyl (C=O) groups is 1. The standard InChI is InChI=1S/C25H31N5O4S/c1-5-33-19-8-7-17(13-20(19)34-6-2)14-26-22(31)10-9-21-27-28-25-29(15-16(3)4)24(32)23-18(30(21)25)11-12-35-23/h7-8,11-13,16H,5-6,9-10,14-15H2,1-4H3,(H,26,31). The number of hydrogen-bond donors (Lipinski definition) is 1. The molecule has 186 valence electrons. The van der Waals surface area contributed by atoms with Gasteiger partial charge in [0.2, 0.25) is 11.7 Å². The summed E-state index contributed by atoms with van der Waals surface area (Å²) in [5.41, 5.74) is 1.67. The Hall–Kier alpha value is -3.40. The van der Waals surface area contributed by atoms with E-state index in [2.05, 4.69) is 29.4 Å². The van der Waals surface area contributed by atoms with Crippen LogP contribution in [-0.2, 0) is 24.3 Å². The Morgan fingerprint density at radius 2 is 1.89 bits per heavy atom. The number of thiophene rings is 1. The van der Waals surface area contributed by atoms with Crippen LogP contribution in [0.5, 0.6) is 11.5 Å². The summed E-state index contributed by atoms with van der Waals surface area (Å²) < 4.78 is 15.5. The lowest BCUT2D eigenvalue weighted by atomic mass is 10.2. The third kappa shape index (κ3) is 5.32. The van der Waals surface area contributed by atoms with Gasteiger partial charge in [0.1, 0.15) is 10.5 Å². The average Bonchev–Trinajstić information content (AvgIpc) is 3.48. The molecule has 0 saturated carbocycles. The van der Waals surface area contributed by atoms with Crippen LogP contribution in [0.3, 0.4) is 0 Å². The van der Waals surface area contributed by atoms with Crippen LogP contribution in [-0.4, -0.2) is 38.3 Å². The van der Waals surface area contributed by atoms with Crippen molar-refractivity contribution in [2.24, 2.45) is 5.92 Å². The summed E-state index contributed by atoms with van der Waals surface area (Å²) in [6.07, 6.45) is 0.663. The van der Waals surface area contributed by atoms with Crippen LogP contribution in [0, 0.1) is 5.92 Å². The summed E-state index contributed by atoms with van der Waals surface area (Å²) in [7, 11) is 0. The maximum absolute atomic E-state index is 13.0. The number of rotatable bonds is 11. The number of nitrogens with one attached hydrogen (secondary N) is 1. The van der Waals surface area contributed by atoms with Crippen LogP contribution in [0.15, 0.2) is 34.4 Å². The van der Waals surface area contributed by atoms with Crippen molar-refractivity contribution < 1.29 is 14.3 Å². The van der Waals surface area contributed by atoms with E-state index >= 15 is 0 Å². The highest BCUT2D eigenvalue weighted by Crippen LogP contribution is 2.28. The van der Waals surface area contributed by atoms with Gasteiger partial charge in [0, 0.05) is 25.9 Å². The van der Waals surface area contributed by atoms with Gasteiger partial charge in [-0.3, -0.25) is 18.6 Å². The number of nitrogens with zero attached hydrogens (tertiary/aromatic N) is 4. The van der Waals surface area contributed by atoms with Gasteiger partial charge in [0.15, 0.2) is 11.5 Å². The second kappa shape index (κ2) is 10.9. The van der Waals surface area contributed by atoms with Crippen molar-refractivity contribution in [3.8, 4) is 11.5 Å². The molecule has 0 aliphatic heterocycles. The van der Waals surface area contributed by atoms with E-state index in [4.69, 9.17) is 9.47 Å². The molecule has 35 heavy (non-hydrogen) atoms. The van der Waals surface area contributed by atoms with Crippen molar-refractivity contribution in [2.75, 3.05) is 13.2 Å². The highest BCUT2D eigenvalue weighted by atomic mass is 32.1. The maximum atomic E-state index is 13.0. The molecule has 0 aliphatic rings. The molecule has 3 aromatic heterocycles. The van der Waals surface area contributed by atoms with Crippen LogP contribution >= 0.6 is 11.3 Å². The lowest BCUT2D eigenvalue weighted by molar-refractivity contribution is -0.121. The Morgan fingerprint density at radius 1 is 1.11 bits per heavy atom. The van der Waals surface area contributed by atoms with Crippen molar-refractivity contribution >= 4 is 33.2 Å². The van der Waals surface area contributed by atoms with E-state index < -0.39 is 0 Å². The first-order chi connectivity index (χ1) is 16.9. The SMILES string of the molecule is CCOc1ccc(CNC(=O)CCc2nnc3n(CC(C)C)c(=O)c4sccc4n23)cc1OCC. The summed E-state index contributed by atoms with van der Waals surface area (Å²) in [6.45, 7) is 9.99. The summed E-state index contributed by atoms with van der Waals surface area (Å²) in [6, 6.07) is 7.58. The fourth-order valence-corrected chi connectivity index (χ4v) is 4.82. The number of hydrogen-bond acceptors (Lipinski definition) is 7. The van der Waals surface area contributed by atoms with E-state index in [1.165, 1.54) is 11.3 Å². The number of carbonyl (C=O) groups excluding carboxylic acids is 1. The zero-order valence-electron chi connectivity index (χ0n) is 20.5. The van der Waals surface area contributed by atoms with Gasteiger partial charge in [-0.25, -0.2) is 0 Å². The van der Waals surface area contributed by atoms with Crippen LogP contribution < -0.4 is 20.3 Å². The van der Waals surface area contributed by atoms with E-state index in [1.54, 1.807) is 4.57 Å². The quantitative estimate of drug-likeness (QED) is 0.338. The van der Waals surface area contributed by atoms with Gasteiger partial charge < -0.3 is 14.8 Å². The first kappa shape index (κ1) is 24.7. The van der Waals surface area contributed by atoms with Gasteiger partial charge in [-0.05, 0) is 48.9 Å². The van der Waals surface area contributed by atoms with E-state index in [-0.39, 0.29) is 23.8 Å². The molecule has 9 nitrogen and oxygen atoms in total. The molecule has 0 radical (unpaired) electrons. The Kier molecular flexibility index (Phi) is 7.70. The molecule has 3 heterocycles. The van der Waals surface area contributed by atoms with Crippen LogP contribution in [0.4, 0.5) is 0 Å². The zero-order valence-corrected chi connectivity index (χ0v) is 21.4. The molecule has 0 aliphatic carbocycles. The van der Waals surface area contributed by atoms with Crippen molar-refractivity contribution in [2.45, 2.75) is 53.6 Å². The van der Waals surface area contributed by atoms with E-state index in [0.717, 1.165) is 11.1 Å². The predicted octanol–water partition coefficient (Wildman–Crippen LogP) is 3.81.